The van der Waals surface area contributed by atoms with Crippen molar-refractivity contribution in [3.05, 3.63) is 48.0 Å². The Bertz CT molecular complexity index is 545. The number of carbonyl (C=O) groups excluding carboxylic acids is 1. The summed E-state index contributed by atoms with van der Waals surface area (Å²) < 4.78 is 10.8. The van der Waals surface area contributed by atoms with Crippen molar-refractivity contribution < 1.29 is 9.53 Å². The summed E-state index contributed by atoms with van der Waals surface area (Å²) in [6.07, 6.45) is 8.75. The van der Waals surface area contributed by atoms with Gasteiger partial charge in [0.05, 0.1) is 0 Å². The number of hydrogen-bond donors (Lipinski definition) is 0. The molecule has 1 unspecified atom stereocenters. The molecule has 0 aliphatic rings. The molecule has 1 aromatic rings. The minimum atomic E-state index is -2.32. The Balaban J connectivity index is 3.16. The quantitative estimate of drug-likeness (QED) is 0.142. The number of benzene rings is 1. The van der Waals surface area contributed by atoms with Crippen molar-refractivity contribution >= 4 is 24.3 Å². The molecule has 158 valence electrons. The Morgan fingerprint density at radius 2 is 1.46 bits per heavy atom. The van der Waals surface area contributed by atoms with E-state index in [0.29, 0.717) is 11.5 Å². The van der Waals surface area contributed by atoms with Crippen LogP contribution in [0.4, 0.5) is 0 Å². The summed E-state index contributed by atoms with van der Waals surface area (Å²) in [5, 5.41) is 0. The molecule has 2 nitrogen and oxygen atoms in total. The van der Waals surface area contributed by atoms with Crippen molar-refractivity contribution in [3.63, 3.8) is 0 Å². The molecule has 0 heterocycles. The Kier molecular flexibility index (Phi) is 12.9. The Morgan fingerprint density at radius 3 is 1.89 bits per heavy atom. The summed E-state index contributed by atoms with van der Waals surface area (Å²) in [6.45, 7) is 11.0. The Hall–Kier alpha value is -0.771. The zero-order valence-electron chi connectivity index (χ0n) is 18.8. The molecule has 0 spiro atoms. The van der Waals surface area contributed by atoms with Crippen LogP contribution >= 0.6 is 0 Å². The van der Waals surface area contributed by atoms with Crippen LogP contribution in [0.3, 0.4) is 0 Å². The number of esters is 1. The molecule has 0 bridgehead atoms. The van der Waals surface area contributed by atoms with Crippen molar-refractivity contribution in [3.8, 4) is 0 Å². The fourth-order valence-corrected chi connectivity index (χ4v) is 21.8. The van der Waals surface area contributed by atoms with Crippen LogP contribution in [0.1, 0.15) is 77.2 Å². The van der Waals surface area contributed by atoms with Gasteiger partial charge < -0.3 is 0 Å². The third-order valence-corrected chi connectivity index (χ3v) is 22.1. The normalized spacial score (nSPS) is 12.6. The van der Waals surface area contributed by atoms with Crippen LogP contribution in [-0.2, 0) is 9.53 Å². The van der Waals surface area contributed by atoms with E-state index in [4.69, 9.17) is 4.74 Å². The molecule has 1 aromatic carbocycles. The van der Waals surface area contributed by atoms with E-state index >= 15 is 0 Å². The van der Waals surface area contributed by atoms with E-state index in [0.717, 1.165) is 6.42 Å². The van der Waals surface area contributed by atoms with Gasteiger partial charge in [-0.2, -0.15) is 0 Å². The van der Waals surface area contributed by atoms with Crippen LogP contribution in [0.5, 0.6) is 0 Å². The zero-order valence-corrected chi connectivity index (χ0v) is 21.6. The molecule has 0 saturated heterocycles. The number of unbranched alkanes of at least 4 members (excludes halogenated alkanes) is 3. The monoisotopic (exact) mass is 494 g/mol. The van der Waals surface area contributed by atoms with E-state index < -0.39 is 18.4 Å². The topological polar surface area (TPSA) is 26.3 Å². The number of rotatable bonds is 15. The van der Waals surface area contributed by atoms with Crippen LogP contribution in [0.25, 0.3) is 0 Å². The number of methoxy groups -OCH3 is 1. The maximum absolute atomic E-state index is 12.1. The van der Waals surface area contributed by atoms with Crippen LogP contribution < -0.4 is 0 Å². The van der Waals surface area contributed by atoms with E-state index in [2.05, 4.69) is 57.7 Å². The van der Waals surface area contributed by atoms with Crippen molar-refractivity contribution in [1.82, 2.24) is 0 Å². The van der Waals surface area contributed by atoms with Crippen molar-refractivity contribution in [1.29, 1.82) is 0 Å². The number of ether oxygens (including phenoxy) is 1. The number of carbonyl (C=O) groups is 1. The SMILES string of the molecule is C=C(CC([CH2][Sn]([CH2]CCC)([CH2]CCC)[CH2]CCC)c1ccccc1)C(=O)OC. The van der Waals surface area contributed by atoms with Crippen molar-refractivity contribution in [2.45, 2.75) is 89.4 Å². The van der Waals surface area contributed by atoms with E-state index in [1.807, 2.05) is 0 Å². The molecule has 0 aliphatic heterocycles. The van der Waals surface area contributed by atoms with Gasteiger partial charge >= 0.3 is 178 Å². The van der Waals surface area contributed by atoms with Gasteiger partial charge in [0.25, 0.3) is 0 Å². The first-order valence-electron chi connectivity index (χ1n) is 11.3. The first kappa shape index (κ1) is 25.3. The van der Waals surface area contributed by atoms with Gasteiger partial charge in [0.1, 0.15) is 0 Å². The van der Waals surface area contributed by atoms with Gasteiger partial charge in [-0.05, 0) is 0 Å². The van der Waals surface area contributed by atoms with Crippen LogP contribution in [0.15, 0.2) is 42.5 Å². The van der Waals surface area contributed by atoms with Crippen LogP contribution in [0, 0.1) is 0 Å². The molecule has 28 heavy (non-hydrogen) atoms. The second-order valence-corrected chi connectivity index (χ2v) is 22.4. The average Bonchev–Trinajstić information content (AvgIpc) is 2.74. The van der Waals surface area contributed by atoms with Gasteiger partial charge in [0.15, 0.2) is 0 Å². The van der Waals surface area contributed by atoms with Gasteiger partial charge in [0.2, 0.25) is 0 Å². The maximum atomic E-state index is 12.1. The van der Waals surface area contributed by atoms with E-state index in [1.165, 1.54) is 68.9 Å². The predicted molar refractivity (Wildman–Crippen MR) is 125 cm³/mol. The minimum absolute atomic E-state index is 0.252. The molecule has 1 rings (SSSR count). The van der Waals surface area contributed by atoms with Crippen molar-refractivity contribution in [2.24, 2.45) is 0 Å². The van der Waals surface area contributed by atoms with Gasteiger partial charge in [-0.1, -0.05) is 0 Å². The molecule has 0 N–H and O–H groups in total. The molecule has 0 radical (unpaired) electrons. The predicted octanol–water partition coefficient (Wildman–Crippen LogP) is 7.74. The Labute approximate surface area is 178 Å². The molecule has 0 aliphatic carbocycles. The van der Waals surface area contributed by atoms with E-state index in [9.17, 15) is 4.79 Å². The summed E-state index contributed by atoms with van der Waals surface area (Å²) in [6, 6.07) is 10.8. The number of hydrogen-bond acceptors (Lipinski definition) is 2. The summed E-state index contributed by atoms with van der Waals surface area (Å²) in [5.74, 6) is 0.159. The van der Waals surface area contributed by atoms with Gasteiger partial charge in [-0.3, -0.25) is 0 Å². The average molecular weight is 493 g/mol. The fourth-order valence-electron chi connectivity index (χ4n) is 4.42. The first-order chi connectivity index (χ1) is 13.5. The molecular weight excluding hydrogens is 451 g/mol. The molecule has 1 atom stereocenters. The van der Waals surface area contributed by atoms with Crippen LogP contribution in [0.2, 0.25) is 17.7 Å². The first-order valence-corrected chi connectivity index (χ1v) is 19.4. The molecule has 0 amide bonds. The Morgan fingerprint density at radius 1 is 0.964 bits per heavy atom. The van der Waals surface area contributed by atoms with Crippen LogP contribution in [-0.4, -0.2) is 31.5 Å². The van der Waals surface area contributed by atoms with Gasteiger partial charge in [-0.25, -0.2) is 0 Å². The molecule has 0 aromatic heterocycles. The summed E-state index contributed by atoms with van der Waals surface area (Å²) >= 11 is -2.32. The summed E-state index contributed by atoms with van der Waals surface area (Å²) in [4.78, 5) is 12.1. The molecular formula is C25H42O2Sn. The second kappa shape index (κ2) is 14.2. The zero-order chi connectivity index (χ0) is 20.8. The van der Waals surface area contributed by atoms with Crippen molar-refractivity contribution in [2.75, 3.05) is 7.11 Å². The van der Waals surface area contributed by atoms with E-state index in [1.54, 1.807) is 0 Å². The van der Waals surface area contributed by atoms with Gasteiger partial charge in [-0.15, -0.1) is 0 Å². The fraction of sp³-hybridized carbons (Fsp3) is 0.640. The molecule has 3 heteroatoms. The third-order valence-electron chi connectivity index (χ3n) is 6.10. The van der Waals surface area contributed by atoms with E-state index in [-0.39, 0.29) is 5.97 Å². The summed E-state index contributed by atoms with van der Waals surface area (Å²) in [5.41, 5.74) is 2.00. The standard InChI is InChI=1S/C13H15O2.3C4H9.Sn/c1-10(9-11(2)13(14)15-3)12-7-5-4-6-8-12;3*1-3-4-2;/h4-8,10H,1-2,9H2,3H3;3*1,3-4H2,2H3;. The third kappa shape index (κ3) is 8.71. The molecule has 0 saturated carbocycles. The summed E-state index contributed by atoms with van der Waals surface area (Å²) in [7, 11) is 1.46. The molecule has 0 fully saturated rings. The second-order valence-electron chi connectivity index (χ2n) is 8.42. The van der Waals surface area contributed by atoms with Gasteiger partial charge in [0, 0.05) is 0 Å².